The Labute approximate surface area is 156 Å². The number of sulfone groups is 1. The van der Waals surface area contributed by atoms with E-state index in [1.165, 1.54) is 12.1 Å². The molecular weight excluding hydrogens is 381 g/mol. The first-order valence-electron chi connectivity index (χ1n) is 8.26. The fourth-order valence-electron chi connectivity index (χ4n) is 3.07. The number of aromatic nitrogens is 2. The molecule has 0 bridgehead atoms. The maximum absolute atomic E-state index is 13.1. The van der Waals surface area contributed by atoms with Crippen LogP contribution in [0.1, 0.15) is 6.42 Å². The molecule has 7 nitrogen and oxygen atoms in total. The van der Waals surface area contributed by atoms with Crippen LogP contribution in [-0.2, 0) is 21.2 Å². The van der Waals surface area contributed by atoms with Crippen molar-refractivity contribution in [2.75, 3.05) is 31.8 Å². The highest BCUT2D eigenvalue weighted by atomic mass is 32.2. The Morgan fingerprint density at radius 1 is 1.42 bits per heavy atom. The van der Waals surface area contributed by atoms with E-state index in [4.69, 9.17) is 21.4 Å². The molecule has 142 valence electrons. The second kappa shape index (κ2) is 7.95. The van der Waals surface area contributed by atoms with E-state index in [0.717, 1.165) is 4.90 Å². The smallest absolute Gasteiger partial charge is 0.292 e. The second-order valence-corrected chi connectivity index (χ2v) is 8.92. The number of rotatable bonds is 7. The van der Waals surface area contributed by atoms with Crippen LogP contribution in [0.25, 0.3) is 11.5 Å². The summed E-state index contributed by atoms with van der Waals surface area (Å²) < 4.78 is 48.9. The van der Waals surface area contributed by atoms with Crippen molar-refractivity contribution in [2.45, 2.75) is 19.1 Å². The van der Waals surface area contributed by atoms with Crippen molar-refractivity contribution >= 4 is 22.1 Å². The number of hydrogen-bond acceptors (Lipinski definition) is 6. The largest absolute Gasteiger partial charge is 0.409 e. The minimum absolute atomic E-state index is 0.0250. The Balaban J connectivity index is 1.80. The van der Waals surface area contributed by atoms with Gasteiger partial charge in [-0.05, 0) is 36.5 Å². The van der Waals surface area contributed by atoms with Crippen molar-refractivity contribution in [3.63, 3.8) is 0 Å². The first-order valence-corrected chi connectivity index (χ1v) is 10.5. The molecule has 1 aliphatic rings. The first kappa shape index (κ1) is 19.2. The van der Waals surface area contributed by atoms with Crippen LogP contribution in [0.4, 0.5) is 4.39 Å². The van der Waals surface area contributed by atoms with Crippen molar-refractivity contribution in [3.05, 3.63) is 34.9 Å². The third kappa shape index (κ3) is 4.56. The lowest BCUT2D eigenvalue weighted by Crippen LogP contribution is -3.16. The molecule has 2 atom stereocenters. The van der Waals surface area contributed by atoms with Crippen molar-refractivity contribution in [1.29, 1.82) is 0 Å². The second-order valence-electron chi connectivity index (χ2n) is 6.34. The van der Waals surface area contributed by atoms with Gasteiger partial charge in [0.15, 0.2) is 16.5 Å². The van der Waals surface area contributed by atoms with Crippen molar-refractivity contribution in [2.24, 2.45) is 0 Å². The van der Waals surface area contributed by atoms with Gasteiger partial charge in [0.05, 0.1) is 12.4 Å². The number of ether oxygens (including phenoxy) is 1. The summed E-state index contributed by atoms with van der Waals surface area (Å²) >= 11 is 5.25. The maximum atomic E-state index is 13.1. The van der Waals surface area contributed by atoms with E-state index in [0.29, 0.717) is 37.7 Å². The predicted octanol–water partition coefficient (Wildman–Crippen LogP) is 0.688. The highest BCUT2D eigenvalue weighted by molar-refractivity contribution is 7.91. The number of hydrogen-bond donors (Lipinski definition) is 1. The van der Waals surface area contributed by atoms with Gasteiger partial charge < -0.3 is 14.1 Å². The standard InChI is InChI=1S/C16H20FN3O4S2/c1-23-8-7-19(14-6-9-26(21,22)10-14)11-20-16(25)24-15(18-20)12-2-4-13(17)5-3-12/h2-5,14H,6-11H2,1H3/p+1/t14-/m1/s1. The quantitative estimate of drug-likeness (QED) is 0.687. The van der Waals surface area contributed by atoms with Crippen LogP contribution in [0.5, 0.6) is 0 Å². The predicted molar refractivity (Wildman–Crippen MR) is 95.5 cm³/mol. The van der Waals surface area contributed by atoms with Crippen LogP contribution in [0.15, 0.2) is 28.7 Å². The summed E-state index contributed by atoms with van der Waals surface area (Å²) in [6.45, 7) is 1.52. The Kier molecular flexibility index (Phi) is 5.86. The average molecular weight is 402 g/mol. The Morgan fingerprint density at radius 2 is 2.15 bits per heavy atom. The SMILES string of the molecule is COCC[NH+](Cn1nc(-c2ccc(F)cc2)oc1=S)[C@@H]1CCS(=O)(=O)C1. The normalized spacial score (nSPS) is 20.3. The average Bonchev–Trinajstić information content (AvgIpc) is 3.14. The molecule has 0 aliphatic carbocycles. The molecule has 3 rings (SSSR count). The van der Waals surface area contributed by atoms with Gasteiger partial charge in [-0.2, -0.15) is 4.68 Å². The molecule has 1 fully saturated rings. The Bertz CT molecular complexity index is 908. The lowest BCUT2D eigenvalue weighted by Gasteiger charge is -2.24. The van der Waals surface area contributed by atoms with Crippen molar-refractivity contribution in [1.82, 2.24) is 9.78 Å². The van der Waals surface area contributed by atoms with Crippen LogP contribution < -0.4 is 4.90 Å². The molecule has 1 unspecified atom stereocenters. The minimum atomic E-state index is -2.99. The fraction of sp³-hybridized carbons (Fsp3) is 0.500. The zero-order valence-corrected chi connectivity index (χ0v) is 16.0. The number of nitrogens with zero attached hydrogens (tertiary/aromatic N) is 2. The van der Waals surface area contributed by atoms with Gasteiger partial charge in [0.2, 0.25) is 5.89 Å². The summed E-state index contributed by atoms with van der Waals surface area (Å²) in [4.78, 5) is 1.23. The molecule has 0 amide bonds. The Morgan fingerprint density at radius 3 is 2.77 bits per heavy atom. The summed E-state index contributed by atoms with van der Waals surface area (Å²) in [5.41, 5.74) is 0.623. The molecular formula is C16H21FN3O4S2+. The van der Waals surface area contributed by atoms with E-state index in [1.807, 2.05) is 0 Å². The molecule has 0 saturated carbocycles. The summed E-state index contributed by atoms with van der Waals surface area (Å²) in [6, 6.07) is 5.76. The molecule has 1 saturated heterocycles. The summed E-state index contributed by atoms with van der Waals surface area (Å²) in [6.07, 6.45) is 0.609. The monoisotopic (exact) mass is 402 g/mol. The molecule has 1 aromatic heterocycles. The lowest BCUT2D eigenvalue weighted by molar-refractivity contribution is -0.945. The van der Waals surface area contributed by atoms with Gasteiger partial charge in [0, 0.05) is 19.1 Å². The van der Waals surface area contributed by atoms with Crippen LogP contribution in [0.3, 0.4) is 0 Å². The molecule has 1 aromatic carbocycles. The Hall–Kier alpha value is -1.62. The molecule has 26 heavy (non-hydrogen) atoms. The number of halogens is 1. The van der Waals surface area contributed by atoms with E-state index in [-0.39, 0.29) is 28.2 Å². The molecule has 2 heterocycles. The highest BCUT2D eigenvalue weighted by Crippen LogP contribution is 2.18. The molecule has 10 heteroatoms. The van der Waals surface area contributed by atoms with E-state index < -0.39 is 9.84 Å². The van der Waals surface area contributed by atoms with E-state index in [9.17, 15) is 12.8 Å². The molecule has 0 spiro atoms. The minimum Gasteiger partial charge on any atom is -0.409 e. The van der Waals surface area contributed by atoms with E-state index >= 15 is 0 Å². The van der Waals surface area contributed by atoms with Crippen LogP contribution in [-0.4, -0.2) is 56.0 Å². The molecule has 2 aromatic rings. The molecule has 1 aliphatic heterocycles. The summed E-state index contributed by atoms with van der Waals surface area (Å²) in [5, 5.41) is 4.38. The van der Waals surface area contributed by atoms with Gasteiger partial charge in [0.25, 0.3) is 4.84 Å². The van der Waals surface area contributed by atoms with Gasteiger partial charge in [-0.15, -0.1) is 5.10 Å². The topological polar surface area (TPSA) is 78.8 Å². The van der Waals surface area contributed by atoms with E-state index in [2.05, 4.69) is 5.10 Å². The zero-order valence-electron chi connectivity index (χ0n) is 14.4. The lowest BCUT2D eigenvalue weighted by atomic mass is 10.2. The number of nitrogens with one attached hydrogen (secondary N) is 1. The summed E-state index contributed by atoms with van der Waals surface area (Å²) in [7, 11) is -1.38. The van der Waals surface area contributed by atoms with Crippen molar-refractivity contribution < 1.29 is 26.9 Å². The van der Waals surface area contributed by atoms with Crippen LogP contribution in [0.2, 0.25) is 0 Å². The van der Waals surface area contributed by atoms with Gasteiger partial charge >= 0.3 is 0 Å². The van der Waals surface area contributed by atoms with Crippen molar-refractivity contribution in [3.8, 4) is 11.5 Å². The number of methoxy groups -OCH3 is 1. The zero-order chi connectivity index (χ0) is 18.7. The fourth-order valence-corrected chi connectivity index (χ4v) is 5.08. The van der Waals surface area contributed by atoms with Gasteiger partial charge in [-0.25, -0.2) is 12.8 Å². The van der Waals surface area contributed by atoms with E-state index in [1.54, 1.807) is 23.9 Å². The molecule has 1 N–H and O–H groups in total. The molecule has 0 radical (unpaired) electrons. The number of benzene rings is 1. The third-order valence-corrected chi connectivity index (χ3v) is 6.55. The van der Waals surface area contributed by atoms with Gasteiger partial charge in [0.1, 0.15) is 24.2 Å². The van der Waals surface area contributed by atoms with Gasteiger partial charge in [-0.3, -0.25) is 0 Å². The van der Waals surface area contributed by atoms with Crippen LogP contribution >= 0.6 is 12.2 Å². The van der Waals surface area contributed by atoms with Crippen LogP contribution in [0, 0.1) is 10.7 Å². The maximum Gasteiger partial charge on any atom is 0.292 e. The highest BCUT2D eigenvalue weighted by Gasteiger charge is 2.35. The third-order valence-electron chi connectivity index (χ3n) is 4.49. The number of quaternary nitrogens is 1. The summed E-state index contributed by atoms with van der Waals surface area (Å²) in [5.74, 6) is 0.325. The van der Waals surface area contributed by atoms with Gasteiger partial charge in [-0.1, -0.05) is 0 Å². The first-order chi connectivity index (χ1) is 12.4.